The molecular formula is C13H13BrFNS. The van der Waals surface area contributed by atoms with Crippen molar-refractivity contribution in [1.29, 1.82) is 0 Å². The Kier molecular flexibility index (Phi) is 3.97. The number of benzene rings is 1. The predicted molar refractivity (Wildman–Crippen MR) is 74.1 cm³/mol. The van der Waals surface area contributed by atoms with Crippen LogP contribution in [0.25, 0.3) is 0 Å². The molecular weight excluding hydrogens is 301 g/mol. The standard InChI is InChI=1S/C13H13BrFNS/c1-8-10(5-6-17-8)13(16-2)9-3-4-12(15)11(14)7-9/h3-7,13,16H,1-2H3. The average molecular weight is 314 g/mol. The third-order valence-corrected chi connectivity index (χ3v) is 4.24. The molecule has 1 heterocycles. The van der Waals surface area contributed by atoms with E-state index in [1.807, 2.05) is 19.2 Å². The van der Waals surface area contributed by atoms with Crippen molar-refractivity contribution in [3.8, 4) is 0 Å². The quantitative estimate of drug-likeness (QED) is 0.892. The fourth-order valence-corrected chi connectivity index (χ4v) is 3.03. The van der Waals surface area contributed by atoms with Crippen LogP contribution >= 0.6 is 27.3 Å². The van der Waals surface area contributed by atoms with Crippen LogP contribution in [0.1, 0.15) is 22.0 Å². The minimum absolute atomic E-state index is 0.109. The molecule has 1 nitrogen and oxygen atoms in total. The first kappa shape index (κ1) is 12.7. The normalized spacial score (nSPS) is 12.7. The highest BCUT2D eigenvalue weighted by Crippen LogP contribution is 2.29. The summed E-state index contributed by atoms with van der Waals surface area (Å²) < 4.78 is 13.7. The molecule has 0 aliphatic heterocycles. The smallest absolute Gasteiger partial charge is 0.137 e. The molecule has 0 amide bonds. The summed E-state index contributed by atoms with van der Waals surface area (Å²) in [6, 6.07) is 7.36. The van der Waals surface area contributed by atoms with Crippen LogP contribution in [0.4, 0.5) is 4.39 Å². The Bertz CT molecular complexity index is 524. The van der Waals surface area contributed by atoms with E-state index in [1.165, 1.54) is 16.5 Å². The maximum atomic E-state index is 13.2. The Labute approximate surface area is 113 Å². The van der Waals surface area contributed by atoms with Crippen LogP contribution in [0.2, 0.25) is 0 Å². The van der Waals surface area contributed by atoms with E-state index in [-0.39, 0.29) is 11.9 Å². The first-order valence-electron chi connectivity index (χ1n) is 5.29. The fraction of sp³-hybridized carbons (Fsp3) is 0.231. The molecule has 1 unspecified atom stereocenters. The lowest BCUT2D eigenvalue weighted by Crippen LogP contribution is -2.17. The van der Waals surface area contributed by atoms with Crippen molar-refractivity contribution in [2.45, 2.75) is 13.0 Å². The summed E-state index contributed by atoms with van der Waals surface area (Å²) in [6.45, 7) is 2.10. The topological polar surface area (TPSA) is 12.0 Å². The number of nitrogens with one attached hydrogen (secondary N) is 1. The minimum Gasteiger partial charge on any atom is -0.309 e. The lowest BCUT2D eigenvalue weighted by atomic mass is 10.00. The second-order valence-electron chi connectivity index (χ2n) is 3.83. The number of aryl methyl sites for hydroxylation is 1. The van der Waals surface area contributed by atoms with Crippen molar-refractivity contribution in [3.63, 3.8) is 0 Å². The van der Waals surface area contributed by atoms with Crippen molar-refractivity contribution in [1.82, 2.24) is 5.32 Å². The number of hydrogen-bond acceptors (Lipinski definition) is 2. The van der Waals surface area contributed by atoms with Crippen LogP contribution in [0, 0.1) is 12.7 Å². The molecule has 0 aliphatic rings. The summed E-state index contributed by atoms with van der Waals surface area (Å²) in [5, 5.41) is 5.35. The lowest BCUT2D eigenvalue weighted by molar-refractivity contribution is 0.616. The zero-order valence-electron chi connectivity index (χ0n) is 9.63. The minimum atomic E-state index is -0.231. The van der Waals surface area contributed by atoms with Gasteiger partial charge in [0.1, 0.15) is 5.82 Å². The highest BCUT2D eigenvalue weighted by atomic mass is 79.9. The summed E-state index contributed by atoms with van der Waals surface area (Å²) in [5.41, 5.74) is 2.30. The van der Waals surface area contributed by atoms with Gasteiger partial charge in [0.15, 0.2) is 0 Å². The van der Waals surface area contributed by atoms with Crippen molar-refractivity contribution in [2.24, 2.45) is 0 Å². The molecule has 0 saturated carbocycles. The molecule has 1 N–H and O–H groups in total. The first-order chi connectivity index (χ1) is 8.13. The molecule has 2 aromatic rings. The van der Waals surface area contributed by atoms with Gasteiger partial charge in [0.25, 0.3) is 0 Å². The van der Waals surface area contributed by atoms with Gasteiger partial charge in [0, 0.05) is 4.88 Å². The summed E-state index contributed by atoms with van der Waals surface area (Å²) >= 11 is 4.95. The number of rotatable bonds is 3. The summed E-state index contributed by atoms with van der Waals surface area (Å²) in [4.78, 5) is 1.28. The van der Waals surface area contributed by atoms with E-state index in [1.54, 1.807) is 11.3 Å². The Morgan fingerprint density at radius 3 is 2.65 bits per heavy atom. The van der Waals surface area contributed by atoms with Gasteiger partial charge < -0.3 is 5.32 Å². The molecule has 1 atom stereocenters. The third kappa shape index (κ3) is 2.59. The average Bonchev–Trinajstić information content (AvgIpc) is 2.71. The van der Waals surface area contributed by atoms with Gasteiger partial charge >= 0.3 is 0 Å². The van der Waals surface area contributed by atoms with Crippen molar-refractivity contribution in [2.75, 3.05) is 7.05 Å². The Balaban J connectivity index is 2.42. The predicted octanol–water partition coefficient (Wildman–Crippen LogP) is 4.27. The Morgan fingerprint density at radius 1 is 1.35 bits per heavy atom. The molecule has 0 saturated heterocycles. The van der Waals surface area contributed by atoms with Crippen LogP contribution in [-0.4, -0.2) is 7.05 Å². The highest BCUT2D eigenvalue weighted by molar-refractivity contribution is 9.10. The van der Waals surface area contributed by atoms with Gasteiger partial charge in [-0.05, 0) is 64.6 Å². The van der Waals surface area contributed by atoms with Crippen LogP contribution < -0.4 is 5.32 Å². The molecule has 2 rings (SSSR count). The molecule has 1 aromatic heterocycles. The molecule has 17 heavy (non-hydrogen) atoms. The van der Waals surface area contributed by atoms with E-state index in [2.05, 4.69) is 39.6 Å². The van der Waals surface area contributed by atoms with Gasteiger partial charge in [0.2, 0.25) is 0 Å². The van der Waals surface area contributed by atoms with E-state index in [0.717, 1.165) is 5.56 Å². The van der Waals surface area contributed by atoms with Crippen molar-refractivity contribution < 1.29 is 4.39 Å². The molecule has 1 aromatic carbocycles. The van der Waals surface area contributed by atoms with E-state index < -0.39 is 0 Å². The van der Waals surface area contributed by atoms with Gasteiger partial charge in [0.05, 0.1) is 10.5 Å². The van der Waals surface area contributed by atoms with Gasteiger partial charge in [-0.25, -0.2) is 4.39 Å². The maximum absolute atomic E-state index is 13.2. The molecule has 0 spiro atoms. The zero-order chi connectivity index (χ0) is 12.4. The molecule has 0 radical (unpaired) electrons. The Morgan fingerprint density at radius 2 is 2.12 bits per heavy atom. The van der Waals surface area contributed by atoms with Crippen LogP contribution in [-0.2, 0) is 0 Å². The summed E-state index contributed by atoms with van der Waals surface area (Å²) in [6.07, 6.45) is 0. The van der Waals surface area contributed by atoms with E-state index in [0.29, 0.717) is 4.47 Å². The van der Waals surface area contributed by atoms with E-state index >= 15 is 0 Å². The monoisotopic (exact) mass is 313 g/mol. The van der Waals surface area contributed by atoms with Gasteiger partial charge in [-0.1, -0.05) is 6.07 Å². The summed E-state index contributed by atoms with van der Waals surface area (Å²) in [5.74, 6) is -0.231. The molecule has 0 fully saturated rings. The van der Waals surface area contributed by atoms with Crippen molar-refractivity contribution in [3.05, 3.63) is 55.9 Å². The first-order valence-corrected chi connectivity index (χ1v) is 6.97. The highest BCUT2D eigenvalue weighted by Gasteiger charge is 2.16. The van der Waals surface area contributed by atoms with Crippen LogP contribution in [0.5, 0.6) is 0 Å². The third-order valence-electron chi connectivity index (χ3n) is 2.78. The van der Waals surface area contributed by atoms with Gasteiger partial charge in [-0.15, -0.1) is 11.3 Å². The number of thiophene rings is 1. The second kappa shape index (κ2) is 5.29. The van der Waals surface area contributed by atoms with Gasteiger partial charge in [-0.2, -0.15) is 0 Å². The lowest BCUT2D eigenvalue weighted by Gasteiger charge is -2.17. The SMILES string of the molecule is CNC(c1ccc(F)c(Br)c1)c1ccsc1C. The van der Waals surface area contributed by atoms with E-state index in [9.17, 15) is 4.39 Å². The zero-order valence-corrected chi connectivity index (χ0v) is 12.0. The fourth-order valence-electron chi connectivity index (χ4n) is 1.89. The number of halogens is 2. The van der Waals surface area contributed by atoms with Crippen LogP contribution in [0.3, 0.4) is 0 Å². The second-order valence-corrected chi connectivity index (χ2v) is 5.80. The molecule has 0 aliphatic carbocycles. The summed E-state index contributed by atoms with van der Waals surface area (Å²) in [7, 11) is 1.92. The molecule has 4 heteroatoms. The van der Waals surface area contributed by atoms with Gasteiger partial charge in [-0.3, -0.25) is 0 Å². The number of hydrogen-bond donors (Lipinski definition) is 1. The van der Waals surface area contributed by atoms with E-state index in [4.69, 9.17) is 0 Å². The van der Waals surface area contributed by atoms with Crippen LogP contribution in [0.15, 0.2) is 34.1 Å². The maximum Gasteiger partial charge on any atom is 0.137 e. The van der Waals surface area contributed by atoms with Crippen molar-refractivity contribution >= 4 is 27.3 Å². The molecule has 90 valence electrons. The largest absolute Gasteiger partial charge is 0.309 e. The Hall–Kier alpha value is -0.710. The molecule has 0 bridgehead atoms.